The lowest BCUT2D eigenvalue weighted by Crippen LogP contribution is -2.21. The first-order valence-electron chi connectivity index (χ1n) is 9.52. The number of nitrogens with one attached hydrogen (secondary N) is 2. The zero-order chi connectivity index (χ0) is 21.5. The van der Waals surface area contributed by atoms with Crippen LogP contribution in [0, 0.1) is 0 Å². The summed E-state index contributed by atoms with van der Waals surface area (Å²) in [5.41, 5.74) is 2.23. The van der Waals surface area contributed by atoms with Crippen molar-refractivity contribution in [1.82, 2.24) is 19.7 Å². The number of H-pyrrole nitrogens is 1. The molecule has 0 spiro atoms. The molecule has 1 aromatic carbocycles. The Morgan fingerprint density at radius 2 is 2.06 bits per heavy atom. The number of carbonyl (C=O) groups excluding carboxylic acids is 1. The first-order chi connectivity index (χ1) is 15.0. The number of benzene rings is 1. The molecule has 156 valence electrons. The summed E-state index contributed by atoms with van der Waals surface area (Å²) >= 11 is 13.6. The van der Waals surface area contributed by atoms with E-state index in [1.807, 2.05) is 17.5 Å². The summed E-state index contributed by atoms with van der Waals surface area (Å²) in [7, 11) is 0. The Balaban J connectivity index is 1.59. The van der Waals surface area contributed by atoms with E-state index < -0.39 is 5.91 Å². The molecule has 5 rings (SSSR count). The number of carbonyl (C=O) groups is 1. The van der Waals surface area contributed by atoms with Gasteiger partial charge < -0.3 is 5.32 Å². The van der Waals surface area contributed by atoms with E-state index in [9.17, 15) is 9.59 Å². The minimum absolute atomic E-state index is 0.177. The van der Waals surface area contributed by atoms with Crippen molar-refractivity contribution in [3.63, 3.8) is 0 Å². The molecule has 0 aliphatic heterocycles. The highest BCUT2D eigenvalue weighted by Gasteiger charge is 2.22. The highest BCUT2D eigenvalue weighted by molar-refractivity contribution is 7.13. The van der Waals surface area contributed by atoms with E-state index in [4.69, 9.17) is 23.2 Å². The van der Waals surface area contributed by atoms with Crippen LogP contribution in [0.1, 0.15) is 28.0 Å². The molecule has 3 heterocycles. The van der Waals surface area contributed by atoms with E-state index in [0.717, 1.165) is 29.8 Å². The number of fused-ring (bicyclic) bond motifs is 1. The number of hydrogen-bond donors (Lipinski definition) is 2. The quantitative estimate of drug-likeness (QED) is 0.449. The van der Waals surface area contributed by atoms with Crippen molar-refractivity contribution in [1.29, 1.82) is 0 Å². The molecule has 7 nitrogen and oxygen atoms in total. The third kappa shape index (κ3) is 3.78. The highest BCUT2D eigenvalue weighted by atomic mass is 35.5. The number of aromatic nitrogens is 4. The lowest BCUT2D eigenvalue weighted by atomic mass is 10.2. The molecular formula is C21H15Cl2N5O2S. The van der Waals surface area contributed by atoms with E-state index in [-0.39, 0.29) is 22.1 Å². The molecule has 1 amide bonds. The second-order valence-corrected chi connectivity index (χ2v) is 8.84. The van der Waals surface area contributed by atoms with Crippen molar-refractivity contribution >= 4 is 46.3 Å². The van der Waals surface area contributed by atoms with Crippen LogP contribution in [0.4, 0.5) is 5.82 Å². The molecule has 0 saturated heterocycles. The predicted octanol–water partition coefficient (Wildman–Crippen LogP) is 4.73. The number of anilines is 1. The van der Waals surface area contributed by atoms with Crippen LogP contribution in [0.25, 0.3) is 16.5 Å². The van der Waals surface area contributed by atoms with Crippen LogP contribution in [0.15, 0.2) is 46.6 Å². The number of aromatic amines is 1. The van der Waals surface area contributed by atoms with Crippen LogP contribution in [-0.4, -0.2) is 25.7 Å². The molecular weight excluding hydrogens is 457 g/mol. The largest absolute Gasteiger partial charge is 0.306 e. The molecule has 0 fully saturated rings. The van der Waals surface area contributed by atoms with Gasteiger partial charge in [0.1, 0.15) is 11.5 Å². The Labute approximate surface area is 190 Å². The van der Waals surface area contributed by atoms with Gasteiger partial charge in [0.25, 0.3) is 11.5 Å². The lowest BCUT2D eigenvalue weighted by molar-refractivity contribution is 0.102. The van der Waals surface area contributed by atoms with Crippen LogP contribution < -0.4 is 10.9 Å². The van der Waals surface area contributed by atoms with Crippen molar-refractivity contribution in [2.24, 2.45) is 0 Å². The van der Waals surface area contributed by atoms with Crippen molar-refractivity contribution in [3.05, 3.63) is 79.0 Å². The van der Waals surface area contributed by atoms with Gasteiger partial charge in [-0.2, -0.15) is 9.78 Å². The number of amides is 1. The van der Waals surface area contributed by atoms with Crippen LogP contribution >= 0.6 is 34.5 Å². The fraction of sp³-hybridized carbons (Fsp3) is 0.143. The summed E-state index contributed by atoms with van der Waals surface area (Å²) in [5, 5.41) is 10.0. The van der Waals surface area contributed by atoms with Gasteiger partial charge in [0.15, 0.2) is 0 Å². The zero-order valence-corrected chi connectivity index (χ0v) is 18.3. The molecule has 3 aromatic heterocycles. The Hall–Kier alpha value is -2.94. The first-order valence-corrected chi connectivity index (χ1v) is 11.2. The minimum atomic E-state index is -0.427. The number of nitrogens with zero attached hydrogens (tertiary/aromatic N) is 3. The second-order valence-electron chi connectivity index (χ2n) is 7.05. The van der Waals surface area contributed by atoms with Crippen molar-refractivity contribution in [2.75, 3.05) is 5.32 Å². The van der Waals surface area contributed by atoms with Crippen molar-refractivity contribution in [2.45, 2.75) is 19.3 Å². The Morgan fingerprint density at radius 1 is 1.19 bits per heavy atom. The third-order valence-corrected chi connectivity index (χ3v) is 6.47. The Kier molecular flexibility index (Phi) is 5.13. The van der Waals surface area contributed by atoms with Gasteiger partial charge >= 0.3 is 0 Å². The summed E-state index contributed by atoms with van der Waals surface area (Å²) in [6.07, 6.45) is 2.36. The molecule has 4 aromatic rings. The number of hydrogen-bond acceptors (Lipinski definition) is 5. The zero-order valence-electron chi connectivity index (χ0n) is 16.0. The molecule has 0 radical (unpaired) electrons. The van der Waals surface area contributed by atoms with E-state index in [1.165, 1.54) is 22.1 Å². The van der Waals surface area contributed by atoms with E-state index in [2.05, 4.69) is 20.4 Å². The summed E-state index contributed by atoms with van der Waals surface area (Å²) in [6.45, 7) is 0. The van der Waals surface area contributed by atoms with E-state index >= 15 is 0 Å². The van der Waals surface area contributed by atoms with Gasteiger partial charge in [-0.1, -0.05) is 29.3 Å². The monoisotopic (exact) mass is 471 g/mol. The van der Waals surface area contributed by atoms with Crippen LogP contribution in [0.3, 0.4) is 0 Å². The van der Waals surface area contributed by atoms with Gasteiger partial charge in [-0.15, -0.1) is 11.3 Å². The molecule has 0 atom stereocenters. The number of thiophene rings is 1. The van der Waals surface area contributed by atoms with Crippen LogP contribution in [-0.2, 0) is 12.8 Å². The van der Waals surface area contributed by atoms with Crippen molar-refractivity contribution < 1.29 is 4.79 Å². The van der Waals surface area contributed by atoms with Gasteiger partial charge in [-0.05, 0) is 48.9 Å². The normalized spacial score (nSPS) is 12.7. The number of rotatable bonds is 4. The first kappa shape index (κ1) is 20.0. The summed E-state index contributed by atoms with van der Waals surface area (Å²) < 4.78 is 1.44. The molecule has 0 unspecified atom stereocenters. The number of halogens is 2. The van der Waals surface area contributed by atoms with Gasteiger partial charge in [0, 0.05) is 16.7 Å². The highest BCUT2D eigenvalue weighted by Crippen LogP contribution is 2.29. The third-order valence-electron chi connectivity index (χ3n) is 5.03. The van der Waals surface area contributed by atoms with Crippen LogP contribution in [0.5, 0.6) is 0 Å². The standard InChI is InChI=1S/C21H15Cl2N5O2S/c22-11-6-7-12(14(23)9-11)19(29)25-18-10-16(17-5-2-8-31-17)27-28(18)21-24-15-4-1-3-13(15)20(30)26-21/h2,5-10H,1,3-4H2,(H,25,29)(H,24,26,30). The Morgan fingerprint density at radius 3 is 2.84 bits per heavy atom. The lowest BCUT2D eigenvalue weighted by Gasteiger charge is -2.10. The molecule has 0 saturated carbocycles. The molecule has 1 aliphatic rings. The maximum absolute atomic E-state index is 12.9. The summed E-state index contributed by atoms with van der Waals surface area (Å²) in [6, 6.07) is 10.2. The fourth-order valence-corrected chi connectivity index (χ4v) is 4.74. The average Bonchev–Trinajstić information content (AvgIpc) is 3.48. The van der Waals surface area contributed by atoms with Crippen molar-refractivity contribution in [3.8, 4) is 16.5 Å². The van der Waals surface area contributed by atoms with Gasteiger partial charge in [-0.3, -0.25) is 14.6 Å². The smallest absolute Gasteiger partial charge is 0.258 e. The van der Waals surface area contributed by atoms with E-state index in [0.29, 0.717) is 22.1 Å². The predicted molar refractivity (Wildman–Crippen MR) is 122 cm³/mol. The molecule has 1 aliphatic carbocycles. The Bertz CT molecular complexity index is 1360. The molecule has 2 N–H and O–H groups in total. The molecule has 10 heteroatoms. The van der Waals surface area contributed by atoms with Crippen LogP contribution in [0.2, 0.25) is 10.0 Å². The fourth-order valence-electron chi connectivity index (χ4n) is 3.56. The summed E-state index contributed by atoms with van der Waals surface area (Å²) in [5.74, 6) is 0.190. The van der Waals surface area contributed by atoms with E-state index in [1.54, 1.807) is 18.2 Å². The average molecular weight is 472 g/mol. The SMILES string of the molecule is O=C(Nc1cc(-c2cccs2)nn1-c1nc2c(c(=O)[nH]1)CCC2)c1ccc(Cl)cc1Cl. The topological polar surface area (TPSA) is 92.7 Å². The van der Waals surface area contributed by atoms with Gasteiger partial charge in [0.2, 0.25) is 5.95 Å². The maximum Gasteiger partial charge on any atom is 0.258 e. The number of aryl methyl sites for hydroxylation is 1. The summed E-state index contributed by atoms with van der Waals surface area (Å²) in [4.78, 5) is 33.7. The minimum Gasteiger partial charge on any atom is -0.306 e. The molecule has 0 bridgehead atoms. The van der Waals surface area contributed by atoms with Gasteiger partial charge in [-0.25, -0.2) is 4.98 Å². The maximum atomic E-state index is 12.9. The second kappa shape index (κ2) is 7.96. The van der Waals surface area contributed by atoms with Gasteiger partial charge in [0.05, 0.1) is 21.2 Å². The molecule has 31 heavy (non-hydrogen) atoms.